The predicted molar refractivity (Wildman–Crippen MR) is 78.7 cm³/mol. The number of Topliss-reactive ketones (excluding diaryl/α,β-unsaturated/α-hetero) is 1. The van der Waals surface area contributed by atoms with Crippen molar-refractivity contribution in [2.75, 3.05) is 26.7 Å². The molecule has 108 valence electrons. The Balaban J connectivity index is 1.92. The highest BCUT2D eigenvalue weighted by Gasteiger charge is 2.24. The summed E-state index contributed by atoms with van der Waals surface area (Å²) in [5.74, 6) is 0.181. The smallest absolute Gasteiger partial charge is 0.236 e. The van der Waals surface area contributed by atoms with E-state index in [2.05, 4.69) is 0 Å². The summed E-state index contributed by atoms with van der Waals surface area (Å²) in [4.78, 5) is 28.1. The van der Waals surface area contributed by atoms with Crippen molar-refractivity contribution in [1.82, 2.24) is 9.80 Å². The number of benzene rings is 1. The van der Waals surface area contributed by atoms with Crippen LogP contribution in [0.3, 0.4) is 0 Å². The number of nitrogens with zero attached hydrogens (tertiary/aromatic N) is 2. The highest BCUT2D eigenvalue weighted by Crippen LogP contribution is 2.11. The molecule has 2 rings (SSSR count). The summed E-state index contributed by atoms with van der Waals surface area (Å²) in [6.45, 7) is 3.87. The molecule has 1 fully saturated rings. The van der Waals surface area contributed by atoms with Crippen LogP contribution in [0.2, 0.25) is 0 Å². The highest BCUT2D eigenvalue weighted by molar-refractivity contribution is 6.00. The van der Waals surface area contributed by atoms with Crippen molar-refractivity contribution in [3.8, 4) is 0 Å². The van der Waals surface area contributed by atoms with Crippen molar-refractivity contribution < 1.29 is 9.59 Å². The number of carbonyl (C=O) groups excluding carboxylic acids is 2. The second-order valence-electron chi connectivity index (χ2n) is 5.41. The van der Waals surface area contributed by atoms with Gasteiger partial charge in [-0.05, 0) is 26.8 Å². The first kappa shape index (κ1) is 14.7. The maximum absolute atomic E-state index is 12.3. The van der Waals surface area contributed by atoms with E-state index in [1.165, 1.54) is 0 Å². The third-order valence-corrected chi connectivity index (χ3v) is 3.94. The van der Waals surface area contributed by atoms with Gasteiger partial charge in [-0.15, -0.1) is 0 Å². The molecule has 1 amide bonds. The van der Waals surface area contributed by atoms with Crippen LogP contribution in [0.1, 0.15) is 30.1 Å². The summed E-state index contributed by atoms with van der Waals surface area (Å²) in [5.41, 5.74) is 0.695. The zero-order valence-corrected chi connectivity index (χ0v) is 12.2. The number of likely N-dealkylation sites (tertiary alicyclic amines) is 1. The Morgan fingerprint density at radius 3 is 2.40 bits per heavy atom. The summed E-state index contributed by atoms with van der Waals surface area (Å²) in [5, 5.41) is 0. The normalized spacial score (nSPS) is 16.4. The van der Waals surface area contributed by atoms with Gasteiger partial charge < -0.3 is 4.90 Å². The molecule has 1 aliphatic rings. The Labute approximate surface area is 120 Å². The lowest BCUT2D eigenvalue weighted by Gasteiger charge is -2.25. The minimum absolute atomic E-state index is 0.0577. The fraction of sp³-hybridized carbons (Fsp3) is 0.500. The van der Waals surface area contributed by atoms with Crippen LogP contribution < -0.4 is 0 Å². The maximum atomic E-state index is 12.3. The number of hydrogen-bond donors (Lipinski definition) is 0. The predicted octanol–water partition coefficient (Wildman–Crippen LogP) is 1.81. The molecule has 4 heteroatoms. The van der Waals surface area contributed by atoms with Crippen molar-refractivity contribution in [1.29, 1.82) is 0 Å². The third-order valence-electron chi connectivity index (χ3n) is 3.94. The Kier molecular flexibility index (Phi) is 4.90. The van der Waals surface area contributed by atoms with Crippen molar-refractivity contribution >= 4 is 11.7 Å². The SMILES string of the molecule is CC(C(=O)c1ccccc1)N(C)CC(=O)N1CCCC1. The molecule has 0 aromatic heterocycles. The molecule has 1 aromatic carbocycles. The zero-order valence-electron chi connectivity index (χ0n) is 12.2. The number of hydrogen-bond acceptors (Lipinski definition) is 3. The van der Waals surface area contributed by atoms with Crippen LogP contribution in [0.5, 0.6) is 0 Å². The molecule has 1 heterocycles. The number of carbonyl (C=O) groups is 2. The molecule has 1 saturated heterocycles. The van der Waals surface area contributed by atoms with Crippen LogP contribution in [-0.4, -0.2) is 54.2 Å². The molecular weight excluding hydrogens is 252 g/mol. The van der Waals surface area contributed by atoms with E-state index >= 15 is 0 Å². The van der Waals surface area contributed by atoms with Gasteiger partial charge in [0.05, 0.1) is 12.6 Å². The van der Waals surface area contributed by atoms with E-state index in [1.807, 2.05) is 54.1 Å². The molecule has 1 aromatic rings. The van der Waals surface area contributed by atoms with E-state index in [1.54, 1.807) is 0 Å². The highest BCUT2D eigenvalue weighted by atomic mass is 16.2. The largest absolute Gasteiger partial charge is 0.342 e. The van der Waals surface area contributed by atoms with Gasteiger partial charge in [-0.1, -0.05) is 30.3 Å². The standard InChI is InChI=1S/C16H22N2O2/c1-13(16(20)14-8-4-3-5-9-14)17(2)12-15(19)18-10-6-7-11-18/h3-5,8-9,13H,6-7,10-12H2,1-2H3. The lowest BCUT2D eigenvalue weighted by atomic mass is 10.0. The molecule has 1 aliphatic heterocycles. The average molecular weight is 274 g/mol. The van der Waals surface area contributed by atoms with Gasteiger partial charge in [-0.3, -0.25) is 14.5 Å². The van der Waals surface area contributed by atoms with Crippen LogP contribution in [-0.2, 0) is 4.79 Å². The fourth-order valence-corrected chi connectivity index (χ4v) is 2.46. The van der Waals surface area contributed by atoms with E-state index in [-0.39, 0.29) is 17.7 Å². The van der Waals surface area contributed by atoms with Crippen LogP contribution >= 0.6 is 0 Å². The molecule has 0 bridgehead atoms. The van der Waals surface area contributed by atoms with Gasteiger partial charge >= 0.3 is 0 Å². The van der Waals surface area contributed by atoms with E-state index in [0.717, 1.165) is 25.9 Å². The van der Waals surface area contributed by atoms with Gasteiger partial charge in [-0.2, -0.15) is 0 Å². The first-order valence-electron chi connectivity index (χ1n) is 7.17. The molecule has 0 N–H and O–H groups in total. The van der Waals surface area contributed by atoms with Crippen molar-refractivity contribution in [2.24, 2.45) is 0 Å². The Bertz CT molecular complexity index is 467. The van der Waals surface area contributed by atoms with Crippen molar-refractivity contribution in [3.63, 3.8) is 0 Å². The van der Waals surface area contributed by atoms with E-state index < -0.39 is 0 Å². The summed E-state index contributed by atoms with van der Waals surface area (Å²) in [6, 6.07) is 8.94. The summed E-state index contributed by atoms with van der Waals surface area (Å²) in [6.07, 6.45) is 2.18. The first-order valence-corrected chi connectivity index (χ1v) is 7.17. The second-order valence-corrected chi connectivity index (χ2v) is 5.41. The minimum atomic E-state index is -0.288. The Morgan fingerprint density at radius 1 is 1.20 bits per heavy atom. The minimum Gasteiger partial charge on any atom is -0.342 e. The first-order chi connectivity index (χ1) is 9.59. The third kappa shape index (κ3) is 3.45. The maximum Gasteiger partial charge on any atom is 0.236 e. The molecule has 0 saturated carbocycles. The Morgan fingerprint density at radius 2 is 1.80 bits per heavy atom. The van der Waals surface area contributed by atoms with E-state index in [9.17, 15) is 9.59 Å². The van der Waals surface area contributed by atoms with Crippen LogP contribution in [0.4, 0.5) is 0 Å². The average Bonchev–Trinajstić information content (AvgIpc) is 3.01. The molecule has 4 nitrogen and oxygen atoms in total. The van der Waals surface area contributed by atoms with Crippen LogP contribution in [0, 0.1) is 0 Å². The van der Waals surface area contributed by atoms with Crippen LogP contribution in [0.15, 0.2) is 30.3 Å². The van der Waals surface area contributed by atoms with Gasteiger partial charge in [0.2, 0.25) is 5.91 Å². The van der Waals surface area contributed by atoms with E-state index in [0.29, 0.717) is 12.1 Å². The van der Waals surface area contributed by atoms with Gasteiger partial charge in [0.15, 0.2) is 5.78 Å². The zero-order chi connectivity index (χ0) is 14.5. The van der Waals surface area contributed by atoms with Gasteiger partial charge in [0.1, 0.15) is 0 Å². The lowest BCUT2D eigenvalue weighted by Crippen LogP contribution is -2.43. The quantitative estimate of drug-likeness (QED) is 0.769. The van der Waals surface area contributed by atoms with Crippen molar-refractivity contribution in [3.05, 3.63) is 35.9 Å². The van der Waals surface area contributed by atoms with Gasteiger partial charge in [0.25, 0.3) is 0 Å². The molecule has 0 radical (unpaired) electrons. The van der Waals surface area contributed by atoms with Gasteiger partial charge in [-0.25, -0.2) is 0 Å². The number of likely N-dealkylation sites (N-methyl/N-ethyl adjacent to an activating group) is 1. The second kappa shape index (κ2) is 6.66. The lowest BCUT2D eigenvalue weighted by molar-refractivity contribution is -0.131. The number of ketones is 1. The molecule has 0 aliphatic carbocycles. The molecule has 20 heavy (non-hydrogen) atoms. The summed E-state index contributed by atoms with van der Waals surface area (Å²) in [7, 11) is 1.83. The fourth-order valence-electron chi connectivity index (χ4n) is 2.46. The summed E-state index contributed by atoms with van der Waals surface area (Å²) < 4.78 is 0. The number of rotatable bonds is 5. The van der Waals surface area contributed by atoms with Crippen molar-refractivity contribution in [2.45, 2.75) is 25.8 Å². The molecule has 0 spiro atoms. The number of amides is 1. The molecular formula is C16H22N2O2. The summed E-state index contributed by atoms with van der Waals surface area (Å²) >= 11 is 0. The Hall–Kier alpha value is -1.68. The van der Waals surface area contributed by atoms with Gasteiger partial charge in [0, 0.05) is 18.7 Å². The van der Waals surface area contributed by atoms with E-state index in [4.69, 9.17) is 0 Å². The monoisotopic (exact) mass is 274 g/mol. The molecule has 1 unspecified atom stereocenters. The van der Waals surface area contributed by atoms with Crippen LogP contribution in [0.25, 0.3) is 0 Å². The molecule has 1 atom stereocenters. The topological polar surface area (TPSA) is 40.6 Å².